The minimum Gasteiger partial charge on any atom is -0.508 e. The molecule has 7 heteroatoms. The number of nitrogens with zero attached hydrogens (tertiary/aromatic N) is 3. The predicted molar refractivity (Wildman–Crippen MR) is 87.4 cm³/mol. The highest BCUT2D eigenvalue weighted by atomic mass is 16.3. The van der Waals surface area contributed by atoms with Crippen LogP contribution in [0, 0.1) is 0 Å². The number of aromatic nitrogens is 2. The molecule has 2 amide bonds. The normalized spacial score (nSPS) is 16.8. The summed E-state index contributed by atoms with van der Waals surface area (Å²) in [6.07, 6.45) is 3.29. The number of imidazole rings is 1. The van der Waals surface area contributed by atoms with Gasteiger partial charge in [0.1, 0.15) is 11.8 Å². The van der Waals surface area contributed by atoms with Crippen LogP contribution >= 0.6 is 0 Å². The predicted octanol–water partition coefficient (Wildman–Crippen LogP) is 1.31. The highest BCUT2D eigenvalue weighted by Gasteiger charge is 2.33. The van der Waals surface area contributed by atoms with Gasteiger partial charge in [0, 0.05) is 17.8 Å². The molecule has 0 unspecified atom stereocenters. The Morgan fingerprint density at radius 2 is 2.17 bits per heavy atom. The van der Waals surface area contributed by atoms with Gasteiger partial charge >= 0.3 is 0 Å². The standard InChI is InChI=1S/C17H20N4O3/c1-11(2)19-16(23)15-9-20(8-13-7-18-10-21(13)15)17(24)12-4-3-5-14(22)6-12/h3-7,10-11,15,22H,8-9H2,1-2H3,(H,19,23)/t15-/m0/s1. The highest BCUT2D eigenvalue weighted by molar-refractivity contribution is 5.95. The molecule has 0 radical (unpaired) electrons. The van der Waals surface area contributed by atoms with Crippen molar-refractivity contribution in [3.05, 3.63) is 48.0 Å². The van der Waals surface area contributed by atoms with Crippen LogP contribution in [0.15, 0.2) is 36.8 Å². The third kappa shape index (κ3) is 3.10. The van der Waals surface area contributed by atoms with Crippen LogP contribution in [0.2, 0.25) is 0 Å². The second-order valence-electron chi connectivity index (χ2n) is 6.21. The van der Waals surface area contributed by atoms with Crippen LogP contribution < -0.4 is 5.32 Å². The zero-order valence-electron chi connectivity index (χ0n) is 13.6. The summed E-state index contributed by atoms with van der Waals surface area (Å²) in [6.45, 7) is 4.42. The molecular formula is C17H20N4O3. The van der Waals surface area contributed by atoms with E-state index in [1.807, 2.05) is 18.4 Å². The maximum Gasteiger partial charge on any atom is 0.254 e. The fraction of sp³-hybridized carbons (Fsp3) is 0.353. The Bertz CT molecular complexity index is 769. The number of hydrogen-bond donors (Lipinski definition) is 2. The number of hydrogen-bond acceptors (Lipinski definition) is 4. The van der Waals surface area contributed by atoms with Crippen molar-refractivity contribution in [1.82, 2.24) is 19.8 Å². The molecule has 3 rings (SSSR count). The molecule has 0 saturated carbocycles. The van der Waals surface area contributed by atoms with Gasteiger partial charge < -0.3 is 19.9 Å². The molecule has 126 valence electrons. The van der Waals surface area contributed by atoms with E-state index in [1.165, 1.54) is 12.1 Å². The Hall–Kier alpha value is -2.83. The van der Waals surface area contributed by atoms with Crippen molar-refractivity contribution in [2.24, 2.45) is 0 Å². The van der Waals surface area contributed by atoms with Crippen molar-refractivity contribution in [3.8, 4) is 5.75 Å². The first kappa shape index (κ1) is 16.0. The molecule has 7 nitrogen and oxygen atoms in total. The lowest BCUT2D eigenvalue weighted by Crippen LogP contribution is -2.47. The molecule has 1 atom stereocenters. The van der Waals surface area contributed by atoms with Gasteiger partial charge in [-0.2, -0.15) is 0 Å². The summed E-state index contributed by atoms with van der Waals surface area (Å²) in [5.41, 5.74) is 1.20. The average molecular weight is 328 g/mol. The minimum atomic E-state index is -0.514. The summed E-state index contributed by atoms with van der Waals surface area (Å²) in [5.74, 6) is -0.324. The zero-order chi connectivity index (χ0) is 17.3. The van der Waals surface area contributed by atoms with Crippen LogP contribution in [0.3, 0.4) is 0 Å². The van der Waals surface area contributed by atoms with Crippen molar-refractivity contribution in [1.29, 1.82) is 0 Å². The first-order chi connectivity index (χ1) is 11.5. The van der Waals surface area contributed by atoms with E-state index in [9.17, 15) is 14.7 Å². The molecule has 0 spiro atoms. The first-order valence-corrected chi connectivity index (χ1v) is 7.85. The van der Waals surface area contributed by atoms with E-state index < -0.39 is 6.04 Å². The number of fused-ring (bicyclic) bond motifs is 1. The molecule has 2 heterocycles. The molecule has 1 aromatic carbocycles. The second-order valence-corrected chi connectivity index (χ2v) is 6.21. The summed E-state index contributed by atoms with van der Waals surface area (Å²) < 4.78 is 1.81. The summed E-state index contributed by atoms with van der Waals surface area (Å²) in [4.78, 5) is 30.9. The van der Waals surface area contributed by atoms with Gasteiger partial charge in [-0.25, -0.2) is 4.98 Å². The Morgan fingerprint density at radius 3 is 2.88 bits per heavy atom. The van der Waals surface area contributed by atoms with Crippen molar-refractivity contribution in [3.63, 3.8) is 0 Å². The van der Waals surface area contributed by atoms with Gasteiger partial charge in [0.25, 0.3) is 5.91 Å². The first-order valence-electron chi connectivity index (χ1n) is 7.85. The topological polar surface area (TPSA) is 87.5 Å². The number of carbonyl (C=O) groups is 2. The van der Waals surface area contributed by atoms with Crippen LogP contribution in [0.4, 0.5) is 0 Å². The van der Waals surface area contributed by atoms with Crippen LogP contribution in [0.5, 0.6) is 5.75 Å². The molecule has 0 fully saturated rings. The lowest BCUT2D eigenvalue weighted by molar-refractivity contribution is -0.125. The summed E-state index contributed by atoms with van der Waals surface area (Å²) in [7, 11) is 0. The maximum absolute atomic E-state index is 12.7. The van der Waals surface area contributed by atoms with E-state index >= 15 is 0 Å². The number of aromatic hydroxyl groups is 1. The number of benzene rings is 1. The van der Waals surface area contributed by atoms with E-state index in [4.69, 9.17) is 0 Å². The fourth-order valence-corrected chi connectivity index (χ4v) is 2.86. The number of rotatable bonds is 3. The molecule has 0 aliphatic carbocycles. The summed E-state index contributed by atoms with van der Waals surface area (Å²) >= 11 is 0. The number of phenols is 1. The maximum atomic E-state index is 12.7. The van der Waals surface area contributed by atoms with E-state index in [0.29, 0.717) is 12.1 Å². The molecule has 1 aromatic heterocycles. The summed E-state index contributed by atoms with van der Waals surface area (Å²) in [5, 5.41) is 12.5. The Balaban J connectivity index is 1.87. The minimum absolute atomic E-state index is 0.0154. The van der Waals surface area contributed by atoms with Gasteiger partial charge in [0.05, 0.1) is 25.1 Å². The molecule has 1 aliphatic rings. The van der Waals surface area contributed by atoms with Crippen molar-refractivity contribution < 1.29 is 14.7 Å². The number of carbonyl (C=O) groups excluding carboxylic acids is 2. The number of phenolic OH excluding ortho intramolecular Hbond substituents is 1. The molecular weight excluding hydrogens is 308 g/mol. The van der Waals surface area contributed by atoms with Crippen LogP contribution in [-0.2, 0) is 11.3 Å². The van der Waals surface area contributed by atoms with Crippen molar-refractivity contribution in [2.75, 3.05) is 6.54 Å². The highest BCUT2D eigenvalue weighted by Crippen LogP contribution is 2.23. The van der Waals surface area contributed by atoms with E-state index in [-0.39, 0.29) is 30.2 Å². The van der Waals surface area contributed by atoms with Crippen molar-refractivity contribution in [2.45, 2.75) is 32.5 Å². The van der Waals surface area contributed by atoms with Crippen molar-refractivity contribution >= 4 is 11.8 Å². The van der Waals surface area contributed by atoms with Gasteiger partial charge in [0.2, 0.25) is 5.91 Å². The summed E-state index contributed by atoms with van der Waals surface area (Å²) in [6, 6.07) is 5.72. The molecule has 24 heavy (non-hydrogen) atoms. The number of amides is 2. The van der Waals surface area contributed by atoms with E-state index in [1.54, 1.807) is 29.6 Å². The van der Waals surface area contributed by atoms with E-state index in [0.717, 1.165) is 5.69 Å². The van der Waals surface area contributed by atoms with E-state index in [2.05, 4.69) is 10.3 Å². The van der Waals surface area contributed by atoms with Crippen LogP contribution in [-0.4, -0.2) is 44.0 Å². The quantitative estimate of drug-likeness (QED) is 0.889. The SMILES string of the molecule is CC(C)NC(=O)[C@@H]1CN(C(=O)c2cccc(O)c2)Cc2cncn21. The molecule has 2 aromatic rings. The van der Waals surface area contributed by atoms with Crippen LogP contribution in [0.25, 0.3) is 0 Å². The Morgan fingerprint density at radius 1 is 1.38 bits per heavy atom. The lowest BCUT2D eigenvalue weighted by Gasteiger charge is -2.34. The fourth-order valence-electron chi connectivity index (χ4n) is 2.86. The smallest absolute Gasteiger partial charge is 0.254 e. The average Bonchev–Trinajstić information content (AvgIpc) is 3.00. The van der Waals surface area contributed by atoms with Gasteiger partial charge in [-0.1, -0.05) is 6.07 Å². The third-order valence-electron chi connectivity index (χ3n) is 3.94. The Kier molecular flexibility index (Phi) is 4.24. The molecule has 0 bridgehead atoms. The van der Waals surface area contributed by atoms with Gasteiger partial charge in [-0.05, 0) is 32.0 Å². The lowest BCUT2D eigenvalue weighted by atomic mass is 10.1. The molecule has 0 saturated heterocycles. The van der Waals surface area contributed by atoms with Crippen LogP contribution in [0.1, 0.15) is 35.9 Å². The van der Waals surface area contributed by atoms with Gasteiger partial charge in [0.15, 0.2) is 0 Å². The third-order valence-corrected chi connectivity index (χ3v) is 3.94. The van der Waals surface area contributed by atoms with Gasteiger partial charge in [-0.3, -0.25) is 9.59 Å². The Labute approximate surface area is 139 Å². The molecule has 1 aliphatic heterocycles. The largest absolute Gasteiger partial charge is 0.508 e. The van der Waals surface area contributed by atoms with Gasteiger partial charge in [-0.15, -0.1) is 0 Å². The zero-order valence-corrected chi connectivity index (χ0v) is 13.6. The monoisotopic (exact) mass is 328 g/mol. The second kappa shape index (κ2) is 6.35. The molecule has 2 N–H and O–H groups in total. The number of nitrogens with one attached hydrogen (secondary N) is 1.